The van der Waals surface area contributed by atoms with Crippen LogP contribution in [0.5, 0.6) is 0 Å². The van der Waals surface area contributed by atoms with Crippen LogP contribution < -0.4 is 4.46 Å². The Bertz CT molecular complexity index is 1590. The first-order valence-electron chi connectivity index (χ1n) is 16.2. The summed E-state index contributed by atoms with van der Waals surface area (Å²) in [6, 6.07) is 49.8. The molecule has 1 aliphatic heterocycles. The van der Waals surface area contributed by atoms with Gasteiger partial charge < -0.3 is 0 Å². The summed E-state index contributed by atoms with van der Waals surface area (Å²) in [7, 11) is 0. The van der Waals surface area contributed by atoms with Crippen LogP contribution in [0.2, 0.25) is 0 Å². The number of hydrogen-bond acceptors (Lipinski definition) is 5. The number of benzene rings is 5. The van der Waals surface area contributed by atoms with Crippen molar-refractivity contribution >= 4 is 19.4 Å². The predicted octanol–water partition coefficient (Wildman–Crippen LogP) is 7.02. The summed E-state index contributed by atoms with van der Waals surface area (Å²) in [5.74, 6) is 0. The molecule has 0 spiro atoms. The van der Waals surface area contributed by atoms with Crippen LogP contribution in [0.15, 0.2) is 146 Å². The van der Waals surface area contributed by atoms with Crippen molar-refractivity contribution in [1.82, 2.24) is 0 Å². The fraction of sp³-hybridized carbons (Fsp3) is 0.268. The Morgan fingerprint density at radius 2 is 0.915 bits per heavy atom. The first-order chi connectivity index (χ1) is 23.2. The molecule has 242 valence electrons. The molecule has 5 atom stereocenters. The fourth-order valence-electron chi connectivity index (χ4n) is 5.59. The van der Waals surface area contributed by atoms with E-state index >= 15 is 0 Å². The van der Waals surface area contributed by atoms with Gasteiger partial charge in [-0.15, -0.1) is 0 Å². The summed E-state index contributed by atoms with van der Waals surface area (Å²) in [4.78, 5) is 0. The molecule has 5 aromatic carbocycles. The first-order valence-corrected chi connectivity index (χ1v) is 18.0. The summed E-state index contributed by atoms with van der Waals surface area (Å²) >= 11 is -0.0640. The minimum absolute atomic E-state index is 0.0640. The summed E-state index contributed by atoms with van der Waals surface area (Å²) in [6.07, 6.45) is -1.57. The summed E-state index contributed by atoms with van der Waals surface area (Å²) < 4.78 is 35.1. The van der Waals surface area contributed by atoms with Crippen molar-refractivity contribution in [2.75, 3.05) is 6.61 Å². The molecule has 0 aliphatic carbocycles. The van der Waals surface area contributed by atoms with Gasteiger partial charge in [0.1, 0.15) is 0 Å². The van der Waals surface area contributed by atoms with Crippen LogP contribution in [0.3, 0.4) is 0 Å². The molecule has 0 aromatic heterocycles. The second-order valence-electron chi connectivity index (χ2n) is 11.8. The molecule has 0 N–H and O–H groups in total. The van der Waals surface area contributed by atoms with Gasteiger partial charge in [0, 0.05) is 0 Å². The third-order valence-corrected chi connectivity index (χ3v) is 10.5. The quantitative estimate of drug-likeness (QED) is 0.110. The molecule has 0 bridgehead atoms. The van der Waals surface area contributed by atoms with Crippen molar-refractivity contribution in [3.8, 4) is 0 Å². The Labute approximate surface area is 285 Å². The SMILES string of the molecule is Cc1ccc([Se][C@@H]2O[C@H](COCc3ccccc3)[C@@H](OCc3ccccc3)[C@H](OCc3ccccc3)[C@H]2OCc2ccccc2)cc1. The monoisotopic (exact) mass is 694 g/mol. The molecular weight excluding hydrogens is 651 g/mol. The van der Waals surface area contributed by atoms with Gasteiger partial charge in [0.15, 0.2) is 0 Å². The third kappa shape index (κ3) is 9.96. The molecule has 1 saturated heterocycles. The van der Waals surface area contributed by atoms with Gasteiger partial charge in [-0.1, -0.05) is 0 Å². The van der Waals surface area contributed by atoms with E-state index in [1.165, 1.54) is 10.0 Å². The molecule has 0 radical (unpaired) electrons. The average Bonchev–Trinajstić information content (AvgIpc) is 3.12. The van der Waals surface area contributed by atoms with Crippen LogP contribution in [0.4, 0.5) is 0 Å². The maximum atomic E-state index is 7.02. The Morgan fingerprint density at radius 1 is 0.489 bits per heavy atom. The molecule has 1 fully saturated rings. The van der Waals surface area contributed by atoms with Crippen LogP contribution in [-0.2, 0) is 50.1 Å². The average molecular weight is 694 g/mol. The molecular formula is C41H42O5Se. The second-order valence-corrected chi connectivity index (χ2v) is 14.2. The van der Waals surface area contributed by atoms with Crippen LogP contribution in [0.25, 0.3) is 0 Å². The van der Waals surface area contributed by atoms with Gasteiger partial charge in [-0.2, -0.15) is 0 Å². The minimum atomic E-state index is -0.430. The Balaban J connectivity index is 1.31. The van der Waals surface area contributed by atoms with Gasteiger partial charge in [0.25, 0.3) is 0 Å². The van der Waals surface area contributed by atoms with Gasteiger partial charge in [-0.05, 0) is 0 Å². The molecule has 1 heterocycles. The van der Waals surface area contributed by atoms with Crippen LogP contribution in [0.1, 0.15) is 27.8 Å². The second kappa shape index (κ2) is 17.5. The standard InChI is InChI=1S/C41H42O5Se/c1-31-22-24-36(25-23-31)47-41-40(45-29-35-20-12-5-13-21-35)39(44-28-34-18-10-4-11-19-34)38(43-27-33-16-8-3-9-17-33)37(46-41)30-42-26-32-14-6-2-7-15-32/h2-25,37-41H,26-30H2,1H3/t37-,38-,39+,40-,41+/m1/s1. The van der Waals surface area contributed by atoms with Gasteiger partial charge in [-0.25, -0.2) is 0 Å². The summed E-state index contributed by atoms with van der Waals surface area (Å²) in [6.45, 7) is 4.27. The van der Waals surface area contributed by atoms with E-state index in [9.17, 15) is 0 Å². The maximum absolute atomic E-state index is 7.02. The Hall–Kier alpha value is -3.58. The molecule has 0 saturated carbocycles. The van der Waals surface area contributed by atoms with Crippen LogP contribution in [0, 0.1) is 6.92 Å². The summed E-state index contributed by atoms with van der Waals surface area (Å²) in [5, 5.41) is -0.225. The molecule has 0 amide bonds. The zero-order chi connectivity index (χ0) is 32.1. The first kappa shape index (κ1) is 33.3. The van der Waals surface area contributed by atoms with E-state index in [-0.39, 0.29) is 32.2 Å². The number of rotatable bonds is 15. The zero-order valence-electron chi connectivity index (χ0n) is 26.7. The van der Waals surface area contributed by atoms with E-state index in [4.69, 9.17) is 23.7 Å². The number of hydrogen-bond donors (Lipinski definition) is 0. The van der Waals surface area contributed by atoms with Crippen molar-refractivity contribution in [1.29, 1.82) is 0 Å². The van der Waals surface area contributed by atoms with Crippen LogP contribution >= 0.6 is 0 Å². The third-order valence-electron chi connectivity index (χ3n) is 8.11. The van der Waals surface area contributed by atoms with Crippen molar-refractivity contribution < 1.29 is 23.7 Å². The topological polar surface area (TPSA) is 46.2 Å². The van der Waals surface area contributed by atoms with Gasteiger partial charge in [-0.3, -0.25) is 0 Å². The molecule has 0 unspecified atom stereocenters. The molecule has 1 aliphatic rings. The van der Waals surface area contributed by atoms with Crippen LogP contribution in [-0.4, -0.2) is 51.0 Å². The van der Waals surface area contributed by atoms with Crippen molar-refractivity contribution in [2.45, 2.75) is 62.8 Å². The molecule has 5 nitrogen and oxygen atoms in total. The van der Waals surface area contributed by atoms with Crippen molar-refractivity contribution in [3.63, 3.8) is 0 Å². The summed E-state index contributed by atoms with van der Waals surface area (Å²) in [5.41, 5.74) is 5.64. The van der Waals surface area contributed by atoms with Crippen molar-refractivity contribution in [2.24, 2.45) is 0 Å². The van der Waals surface area contributed by atoms with E-state index in [0.717, 1.165) is 22.3 Å². The van der Waals surface area contributed by atoms with E-state index in [1.807, 2.05) is 72.8 Å². The van der Waals surface area contributed by atoms with E-state index in [0.29, 0.717) is 33.0 Å². The van der Waals surface area contributed by atoms with E-state index < -0.39 is 12.2 Å². The normalized spacial score (nSPS) is 21.0. The Kier molecular flexibility index (Phi) is 12.4. The van der Waals surface area contributed by atoms with Crippen molar-refractivity contribution in [3.05, 3.63) is 173 Å². The number of ether oxygens (including phenoxy) is 5. The zero-order valence-corrected chi connectivity index (χ0v) is 28.4. The molecule has 6 rings (SSSR count). The molecule has 5 aromatic rings. The number of aryl methyl sites for hydroxylation is 1. The van der Waals surface area contributed by atoms with Gasteiger partial charge >= 0.3 is 286 Å². The van der Waals surface area contributed by atoms with Gasteiger partial charge in [0.05, 0.1) is 0 Å². The Morgan fingerprint density at radius 3 is 1.40 bits per heavy atom. The van der Waals surface area contributed by atoms with Gasteiger partial charge in [0.2, 0.25) is 0 Å². The molecule has 47 heavy (non-hydrogen) atoms. The van der Waals surface area contributed by atoms with E-state index in [1.54, 1.807) is 0 Å². The predicted molar refractivity (Wildman–Crippen MR) is 186 cm³/mol. The molecule has 6 heteroatoms. The fourth-order valence-corrected chi connectivity index (χ4v) is 7.96. The van der Waals surface area contributed by atoms with E-state index in [2.05, 4.69) is 79.7 Å².